The lowest BCUT2D eigenvalue weighted by Crippen LogP contribution is -1.87. The van der Waals surface area contributed by atoms with E-state index in [9.17, 15) is 12.8 Å². The van der Waals surface area contributed by atoms with E-state index in [-0.39, 0.29) is 10.8 Å². The summed E-state index contributed by atoms with van der Waals surface area (Å²) in [5, 5.41) is -0.0515. The van der Waals surface area contributed by atoms with Crippen LogP contribution in [0.4, 0.5) is 4.39 Å². The summed E-state index contributed by atoms with van der Waals surface area (Å²) in [6.07, 6.45) is 0. The van der Waals surface area contributed by atoms with Crippen molar-refractivity contribution in [1.29, 1.82) is 0 Å². The van der Waals surface area contributed by atoms with Crippen LogP contribution in [-0.2, 0) is 16.5 Å². The SMILES string of the molecule is O=[SH](=O)Cc1ccc(F)c(Cl)c1. The van der Waals surface area contributed by atoms with Crippen LogP contribution in [0.1, 0.15) is 5.56 Å². The van der Waals surface area contributed by atoms with Gasteiger partial charge in [0, 0.05) is 0 Å². The molecule has 0 spiro atoms. The lowest BCUT2D eigenvalue weighted by Gasteiger charge is -1.96. The first-order valence-corrected chi connectivity index (χ1v) is 4.89. The molecule has 66 valence electrons. The molecule has 0 atom stereocenters. The normalized spacial score (nSPS) is 10.6. The van der Waals surface area contributed by atoms with Gasteiger partial charge in [-0.05, 0) is 17.7 Å². The molecule has 0 bridgehead atoms. The molecule has 0 amide bonds. The van der Waals surface area contributed by atoms with Crippen molar-refractivity contribution in [2.75, 3.05) is 0 Å². The summed E-state index contributed by atoms with van der Waals surface area (Å²) in [5.74, 6) is -0.642. The second kappa shape index (κ2) is 3.87. The maximum atomic E-state index is 12.6. The predicted molar refractivity (Wildman–Crippen MR) is 45.4 cm³/mol. The molecule has 0 aliphatic rings. The van der Waals surface area contributed by atoms with E-state index in [2.05, 4.69) is 0 Å². The van der Waals surface area contributed by atoms with Crippen molar-refractivity contribution in [2.24, 2.45) is 0 Å². The van der Waals surface area contributed by atoms with Crippen LogP contribution in [0.3, 0.4) is 0 Å². The monoisotopic (exact) mass is 208 g/mol. The fourth-order valence-electron chi connectivity index (χ4n) is 0.787. The van der Waals surface area contributed by atoms with Gasteiger partial charge in [-0.3, -0.25) is 0 Å². The maximum Gasteiger partial charge on any atom is 0.144 e. The van der Waals surface area contributed by atoms with Gasteiger partial charge in [0.1, 0.15) is 16.5 Å². The Morgan fingerprint density at radius 2 is 2.08 bits per heavy atom. The van der Waals surface area contributed by atoms with Gasteiger partial charge >= 0.3 is 0 Å². The minimum Gasteiger partial charge on any atom is -0.232 e. The third-order valence-corrected chi connectivity index (χ3v) is 2.21. The summed E-state index contributed by atoms with van der Waals surface area (Å²) in [6.45, 7) is 0. The smallest absolute Gasteiger partial charge is 0.144 e. The van der Waals surface area contributed by atoms with E-state index in [1.54, 1.807) is 0 Å². The van der Waals surface area contributed by atoms with Crippen LogP contribution in [0.15, 0.2) is 18.2 Å². The standard InChI is InChI=1S/C7H6ClFO2S/c8-6-3-5(4-12(10)11)1-2-7(6)9/h1-3,12H,4H2. The summed E-state index contributed by atoms with van der Waals surface area (Å²) in [7, 11) is -2.48. The molecule has 0 unspecified atom stereocenters. The first kappa shape index (κ1) is 9.48. The quantitative estimate of drug-likeness (QED) is 0.749. The van der Waals surface area contributed by atoms with Gasteiger partial charge in [-0.2, -0.15) is 0 Å². The average Bonchev–Trinajstić information content (AvgIpc) is 1.96. The third-order valence-electron chi connectivity index (χ3n) is 1.30. The number of thiol groups is 1. The summed E-state index contributed by atoms with van der Waals surface area (Å²) in [6, 6.07) is 3.85. The molecule has 5 heteroatoms. The molecule has 0 aliphatic carbocycles. The molecule has 2 nitrogen and oxygen atoms in total. The Morgan fingerprint density at radius 1 is 1.42 bits per heavy atom. The molecule has 0 N–H and O–H groups in total. The van der Waals surface area contributed by atoms with Crippen LogP contribution in [0.2, 0.25) is 5.02 Å². The van der Waals surface area contributed by atoms with Gasteiger partial charge in [0.05, 0.1) is 10.8 Å². The lowest BCUT2D eigenvalue weighted by atomic mass is 10.2. The number of benzene rings is 1. The van der Waals surface area contributed by atoms with E-state index in [0.717, 1.165) is 6.07 Å². The van der Waals surface area contributed by atoms with Gasteiger partial charge in [0.25, 0.3) is 0 Å². The Balaban J connectivity index is 2.97. The van der Waals surface area contributed by atoms with Crippen LogP contribution in [0.5, 0.6) is 0 Å². The zero-order valence-electron chi connectivity index (χ0n) is 5.96. The van der Waals surface area contributed by atoms with E-state index >= 15 is 0 Å². The Bertz CT molecular complexity index is 354. The molecular weight excluding hydrogens is 203 g/mol. The molecule has 1 rings (SSSR count). The van der Waals surface area contributed by atoms with Crippen molar-refractivity contribution in [3.05, 3.63) is 34.6 Å². The van der Waals surface area contributed by atoms with E-state index in [1.807, 2.05) is 0 Å². The molecule has 0 heterocycles. The highest BCUT2D eigenvalue weighted by Gasteiger charge is 2.00. The topological polar surface area (TPSA) is 34.1 Å². The molecule has 1 aromatic rings. The molecule has 0 saturated carbocycles. The molecule has 0 aliphatic heterocycles. The minimum absolute atomic E-state index is 0.0515. The first-order valence-electron chi connectivity index (χ1n) is 3.15. The second-order valence-electron chi connectivity index (χ2n) is 2.24. The molecular formula is C7H6ClFO2S. The van der Waals surface area contributed by atoms with Gasteiger partial charge in [0.2, 0.25) is 0 Å². The van der Waals surface area contributed by atoms with Crippen LogP contribution in [0.25, 0.3) is 0 Å². The molecule has 0 radical (unpaired) electrons. The van der Waals surface area contributed by atoms with Crippen molar-refractivity contribution >= 4 is 22.3 Å². The van der Waals surface area contributed by atoms with Crippen LogP contribution in [0, 0.1) is 5.82 Å². The van der Waals surface area contributed by atoms with Crippen molar-refractivity contribution in [1.82, 2.24) is 0 Å². The molecule has 1 aromatic carbocycles. The van der Waals surface area contributed by atoms with E-state index in [0.29, 0.717) is 5.56 Å². The number of hydrogen-bond acceptors (Lipinski definition) is 2. The largest absolute Gasteiger partial charge is 0.232 e. The fourth-order valence-corrected chi connectivity index (χ4v) is 1.49. The van der Waals surface area contributed by atoms with E-state index in [4.69, 9.17) is 11.6 Å². The second-order valence-corrected chi connectivity index (χ2v) is 3.63. The highest BCUT2D eigenvalue weighted by molar-refractivity contribution is 7.71. The summed E-state index contributed by atoms with van der Waals surface area (Å²) < 4.78 is 33.1. The van der Waals surface area contributed by atoms with E-state index in [1.165, 1.54) is 12.1 Å². The van der Waals surface area contributed by atoms with Crippen molar-refractivity contribution < 1.29 is 12.8 Å². The third kappa shape index (κ3) is 2.46. The predicted octanol–water partition coefficient (Wildman–Crippen LogP) is 1.59. The molecule has 0 saturated heterocycles. The zero-order chi connectivity index (χ0) is 9.14. The first-order chi connectivity index (χ1) is 5.59. The summed E-state index contributed by atoms with van der Waals surface area (Å²) in [4.78, 5) is 0. The Kier molecular flexibility index (Phi) is 3.05. The molecule has 12 heavy (non-hydrogen) atoms. The minimum atomic E-state index is -2.48. The van der Waals surface area contributed by atoms with Crippen LogP contribution >= 0.6 is 11.6 Å². The van der Waals surface area contributed by atoms with Crippen molar-refractivity contribution in [2.45, 2.75) is 5.75 Å². The van der Waals surface area contributed by atoms with Gasteiger partial charge < -0.3 is 0 Å². The lowest BCUT2D eigenvalue weighted by molar-refractivity contribution is 0.613. The average molecular weight is 209 g/mol. The molecule has 0 aromatic heterocycles. The van der Waals surface area contributed by atoms with Crippen molar-refractivity contribution in [3.8, 4) is 0 Å². The summed E-state index contributed by atoms with van der Waals surface area (Å²) >= 11 is 5.43. The highest BCUT2D eigenvalue weighted by Crippen LogP contribution is 2.16. The van der Waals surface area contributed by atoms with Crippen LogP contribution in [-0.4, -0.2) is 8.42 Å². The number of halogens is 2. The van der Waals surface area contributed by atoms with Gasteiger partial charge in [-0.25, -0.2) is 12.8 Å². The Hall–Kier alpha value is -0.610. The molecule has 0 fully saturated rings. The summed E-state index contributed by atoms with van der Waals surface area (Å²) in [5.41, 5.74) is 0.498. The van der Waals surface area contributed by atoms with Crippen molar-refractivity contribution in [3.63, 3.8) is 0 Å². The Labute approximate surface area is 75.9 Å². The number of rotatable bonds is 2. The van der Waals surface area contributed by atoms with E-state index < -0.39 is 16.5 Å². The maximum absolute atomic E-state index is 12.6. The van der Waals surface area contributed by atoms with Gasteiger partial charge in [-0.15, -0.1) is 0 Å². The van der Waals surface area contributed by atoms with Gasteiger partial charge in [-0.1, -0.05) is 17.7 Å². The highest BCUT2D eigenvalue weighted by atomic mass is 35.5. The Morgan fingerprint density at radius 3 is 2.58 bits per heavy atom. The fraction of sp³-hybridized carbons (Fsp3) is 0.143. The number of hydrogen-bond donors (Lipinski definition) is 1. The van der Waals surface area contributed by atoms with Gasteiger partial charge in [0.15, 0.2) is 0 Å². The van der Waals surface area contributed by atoms with Crippen LogP contribution < -0.4 is 0 Å². The zero-order valence-corrected chi connectivity index (χ0v) is 7.61.